The number of urea groups is 1. The summed E-state index contributed by atoms with van der Waals surface area (Å²) in [6.45, 7) is 2.64. The van der Waals surface area contributed by atoms with Crippen molar-refractivity contribution in [2.45, 2.75) is 19.4 Å². The SMILES string of the molecule is O=C(NCc1ccc(N2CCCC2)nc1)Nc1ccccc1. The quantitative estimate of drug-likeness (QED) is 0.912. The van der Waals surface area contributed by atoms with Gasteiger partial charge in [-0.25, -0.2) is 9.78 Å². The van der Waals surface area contributed by atoms with E-state index in [1.165, 1.54) is 12.8 Å². The van der Waals surface area contributed by atoms with Crippen LogP contribution < -0.4 is 15.5 Å². The van der Waals surface area contributed by atoms with Gasteiger partial charge < -0.3 is 15.5 Å². The largest absolute Gasteiger partial charge is 0.357 e. The molecule has 1 saturated heterocycles. The first-order valence-electron chi connectivity index (χ1n) is 7.61. The van der Waals surface area contributed by atoms with Crippen molar-refractivity contribution in [3.8, 4) is 0 Å². The molecule has 1 aromatic carbocycles. The van der Waals surface area contributed by atoms with E-state index in [0.29, 0.717) is 6.54 Å². The molecule has 0 unspecified atom stereocenters. The molecule has 1 fully saturated rings. The lowest BCUT2D eigenvalue weighted by molar-refractivity contribution is 0.251. The Morgan fingerprint density at radius 1 is 1.09 bits per heavy atom. The van der Waals surface area contributed by atoms with Crippen molar-refractivity contribution in [2.24, 2.45) is 0 Å². The summed E-state index contributed by atoms with van der Waals surface area (Å²) in [5, 5.41) is 5.62. The standard InChI is InChI=1S/C17H20N4O/c22-17(20-15-6-2-1-3-7-15)19-13-14-8-9-16(18-12-14)21-10-4-5-11-21/h1-3,6-9,12H,4-5,10-11,13H2,(H2,19,20,22). The minimum atomic E-state index is -0.213. The maximum Gasteiger partial charge on any atom is 0.319 e. The highest BCUT2D eigenvalue weighted by Crippen LogP contribution is 2.17. The summed E-state index contributed by atoms with van der Waals surface area (Å²) in [5.41, 5.74) is 1.77. The Kier molecular flexibility index (Phi) is 4.53. The Bertz CT molecular complexity index is 606. The van der Waals surface area contributed by atoms with E-state index in [4.69, 9.17) is 0 Å². The number of para-hydroxylation sites is 1. The molecule has 2 amide bonds. The molecular formula is C17H20N4O. The van der Waals surface area contributed by atoms with Crippen molar-refractivity contribution >= 4 is 17.5 Å². The Morgan fingerprint density at radius 3 is 2.55 bits per heavy atom. The number of hydrogen-bond donors (Lipinski definition) is 2. The fraction of sp³-hybridized carbons (Fsp3) is 0.294. The third-order valence-corrected chi connectivity index (χ3v) is 3.72. The zero-order valence-electron chi connectivity index (χ0n) is 12.5. The molecule has 0 radical (unpaired) electrons. The van der Waals surface area contributed by atoms with Gasteiger partial charge in [0.1, 0.15) is 5.82 Å². The third-order valence-electron chi connectivity index (χ3n) is 3.72. The van der Waals surface area contributed by atoms with E-state index in [-0.39, 0.29) is 6.03 Å². The van der Waals surface area contributed by atoms with Crippen LogP contribution >= 0.6 is 0 Å². The number of nitrogens with one attached hydrogen (secondary N) is 2. The zero-order valence-corrected chi connectivity index (χ0v) is 12.5. The Balaban J connectivity index is 1.49. The first-order valence-corrected chi connectivity index (χ1v) is 7.61. The lowest BCUT2D eigenvalue weighted by Crippen LogP contribution is -2.28. The second kappa shape index (κ2) is 6.93. The molecule has 22 heavy (non-hydrogen) atoms. The predicted molar refractivity (Wildman–Crippen MR) is 88.0 cm³/mol. The minimum Gasteiger partial charge on any atom is -0.357 e. The summed E-state index contributed by atoms with van der Waals surface area (Å²) in [5.74, 6) is 1.02. The second-order valence-electron chi connectivity index (χ2n) is 5.39. The average Bonchev–Trinajstić information content (AvgIpc) is 3.09. The summed E-state index contributed by atoms with van der Waals surface area (Å²) in [7, 11) is 0. The van der Waals surface area contributed by atoms with Gasteiger partial charge in [-0.15, -0.1) is 0 Å². The topological polar surface area (TPSA) is 57.3 Å². The fourth-order valence-electron chi connectivity index (χ4n) is 2.53. The first-order chi connectivity index (χ1) is 10.8. The van der Waals surface area contributed by atoms with Gasteiger partial charge in [0.15, 0.2) is 0 Å². The van der Waals surface area contributed by atoms with Crippen LogP contribution in [0.1, 0.15) is 18.4 Å². The van der Waals surface area contributed by atoms with Crippen molar-refractivity contribution in [3.05, 3.63) is 54.2 Å². The highest BCUT2D eigenvalue weighted by atomic mass is 16.2. The monoisotopic (exact) mass is 296 g/mol. The van der Waals surface area contributed by atoms with E-state index in [1.807, 2.05) is 48.7 Å². The van der Waals surface area contributed by atoms with E-state index < -0.39 is 0 Å². The molecule has 0 bridgehead atoms. The summed E-state index contributed by atoms with van der Waals surface area (Å²) in [6, 6.07) is 13.2. The van der Waals surface area contributed by atoms with Gasteiger partial charge in [0.2, 0.25) is 0 Å². The molecule has 5 heteroatoms. The van der Waals surface area contributed by atoms with Crippen LogP contribution in [0.4, 0.5) is 16.3 Å². The molecule has 1 aliphatic heterocycles. The second-order valence-corrected chi connectivity index (χ2v) is 5.39. The maximum absolute atomic E-state index is 11.8. The number of benzene rings is 1. The Hall–Kier alpha value is -2.56. The molecule has 0 spiro atoms. The molecule has 0 atom stereocenters. The Morgan fingerprint density at radius 2 is 1.86 bits per heavy atom. The molecule has 0 saturated carbocycles. The molecular weight excluding hydrogens is 276 g/mol. The highest BCUT2D eigenvalue weighted by Gasteiger charge is 2.12. The van der Waals surface area contributed by atoms with Crippen LogP contribution in [-0.4, -0.2) is 24.1 Å². The van der Waals surface area contributed by atoms with Crippen LogP contribution in [0.2, 0.25) is 0 Å². The molecule has 5 nitrogen and oxygen atoms in total. The number of hydrogen-bond acceptors (Lipinski definition) is 3. The van der Waals surface area contributed by atoms with Gasteiger partial charge in [0.25, 0.3) is 0 Å². The lowest BCUT2D eigenvalue weighted by atomic mass is 10.3. The normalized spacial score (nSPS) is 13.9. The molecule has 2 aromatic rings. The Labute approximate surface area is 130 Å². The smallest absolute Gasteiger partial charge is 0.319 e. The molecule has 0 aliphatic carbocycles. The van der Waals surface area contributed by atoms with E-state index >= 15 is 0 Å². The number of rotatable bonds is 4. The van der Waals surface area contributed by atoms with Gasteiger partial charge in [-0.3, -0.25) is 0 Å². The van der Waals surface area contributed by atoms with Crippen molar-refractivity contribution in [1.29, 1.82) is 0 Å². The van der Waals surface area contributed by atoms with Gasteiger partial charge in [-0.05, 0) is 36.6 Å². The van der Waals surface area contributed by atoms with Crippen molar-refractivity contribution in [2.75, 3.05) is 23.3 Å². The van der Waals surface area contributed by atoms with E-state index in [2.05, 4.69) is 20.5 Å². The number of aromatic nitrogens is 1. The highest BCUT2D eigenvalue weighted by molar-refractivity contribution is 5.89. The molecule has 1 aliphatic rings. The number of carbonyl (C=O) groups is 1. The van der Waals surface area contributed by atoms with Crippen LogP contribution in [-0.2, 0) is 6.54 Å². The van der Waals surface area contributed by atoms with Crippen molar-refractivity contribution < 1.29 is 4.79 Å². The van der Waals surface area contributed by atoms with E-state index in [0.717, 1.165) is 30.2 Å². The summed E-state index contributed by atoms with van der Waals surface area (Å²) in [6.07, 6.45) is 4.31. The van der Waals surface area contributed by atoms with Gasteiger partial charge in [0.05, 0.1) is 0 Å². The molecule has 2 heterocycles. The minimum absolute atomic E-state index is 0.213. The molecule has 1 aromatic heterocycles. The predicted octanol–water partition coefficient (Wildman–Crippen LogP) is 3.00. The molecule has 114 valence electrons. The van der Waals surface area contributed by atoms with Gasteiger partial charge in [0, 0.05) is 31.5 Å². The van der Waals surface area contributed by atoms with Crippen LogP contribution in [0.3, 0.4) is 0 Å². The van der Waals surface area contributed by atoms with Crippen molar-refractivity contribution in [1.82, 2.24) is 10.3 Å². The van der Waals surface area contributed by atoms with Crippen LogP contribution in [0.15, 0.2) is 48.7 Å². The molecule has 2 N–H and O–H groups in total. The third kappa shape index (κ3) is 3.75. The van der Waals surface area contributed by atoms with Gasteiger partial charge in [-0.1, -0.05) is 24.3 Å². The number of pyridine rings is 1. The summed E-state index contributed by atoms with van der Waals surface area (Å²) in [4.78, 5) is 18.6. The van der Waals surface area contributed by atoms with Crippen LogP contribution in [0, 0.1) is 0 Å². The maximum atomic E-state index is 11.8. The average molecular weight is 296 g/mol. The van der Waals surface area contributed by atoms with Crippen LogP contribution in [0.5, 0.6) is 0 Å². The summed E-state index contributed by atoms with van der Waals surface area (Å²) >= 11 is 0. The summed E-state index contributed by atoms with van der Waals surface area (Å²) < 4.78 is 0. The number of nitrogens with zero attached hydrogens (tertiary/aromatic N) is 2. The van der Waals surface area contributed by atoms with Gasteiger partial charge >= 0.3 is 6.03 Å². The number of anilines is 2. The van der Waals surface area contributed by atoms with E-state index in [1.54, 1.807) is 0 Å². The first kappa shape index (κ1) is 14.4. The zero-order chi connectivity index (χ0) is 15.2. The number of carbonyl (C=O) groups excluding carboxylic acids is 1. The number of amides is 2. The fourth-order valence-corrected chi connectivity index (χ4v) is 2.53. The van der Waals surface area contributed by atoms with E-state index in [9.17, 15) is 4.79 Å². The molecule has 3 rings (SSSR count). The van der Waals surface area contributed by atoms with Crippen LogP contribution in [0.25, 0.3) is 0 Å². The van der Waals surface area contributed by atoms with Crippen molar-refractivity contribution in [3.63, 3.8) is 0 Å². The van der Waals surface area contributed by atoms with Gasteiger partial charge in [-0.2, -0.15) is 0 Å². The lowest BCUT2D eigenvalue weighted by Gasteiger charge is -2.16.